The number of nitrogens with zero attached hydrogens (tertiary/aromatic N) is 5. The number of nitrogens with one attached hydrogen (secondary N) is 1. The van der Waals surface area contributed by atoms with Crippen LogP contribution in [-0.4, -0.2) is 29.9 Å². The van der Waals surface area contributed by atoms with Crippen LogP contribution in [0.15, 0.2) is 30.7 Å². The molecule has 1 aliphatic heterocycles. The van der Waals surface area contributed by atoms with Crippen LogP contribution in [0, 0.1) is 18.6 Å². The number of hydrogen-bond acceptors (Lipinski definition) is 4. The molecule has 8 heteroatoms. The summed E-state index contributed by atoms with van der Waals surface area (Å²) in [6.45, 7) is 2.85. The van der Waals surface area contributed by atoms with Crippen molar-refractivity contribution in [3.8, 4) is 0 Å². The highest BCUT2D eigenvalue weighted by Gasteiger charge is 2.50. The molecule has 1 N–H and O–H groups in total. The van der Waals surface area contributed by atoms with Crippen LogP contribution in [0.5, 0.6) is 0 Å². The van der Waals surface area contributed by atoms with E-state index in [1.54, 1.807) is 6.07 Å². The molecule has 1 aromatic carbocycles. The Morgan fingerprint density at radius 1 is 1.03 bits per heavy atom. The van der Waals surface area contributed by atoms with Gasteiger partial charge in [-0.05, 0) is 76.0 Å². The summed E-state index contributed by atoms with van der Waals surface area (Å²) in [5.41, 5.74) is 2.07. The van der Waals surface area contributed by atoms with Crippen molar-refractivity contribution in [3.63, 3.8) is 0 Å². The lowest BCUT2D eigenvalue weighted by Crippen LogP contribution is -2.54. The zero-order valence-electron chi connectivity index (χ0n) is 19.0. The molecule has 174 valence electrons. The molecule has 1 atom stereocenters. The summed E-state index contributed by atoms with van der Waals surface area (Å²) in [5, 5.41) is 8.55. The first-order valence-electron chi connectivity index (χ1n) is 12.1. The normalized spacial score (nSPS) is 29.0. The number of fused-ring (bicyclic) bond motifs is 4. The Kier molecular flexibility index (Phi) is 4.82. The molecule has 2 aromatic heterocycles. The number of anilines is 1. The van der Waals surface area contributed by atoms with Crippen molar-refractivity contribution >= 4 is 5.95 Å². The monoisotopic (exact) mass is 452 g/mol. The van der Waals surface area contributed by atoms with E-state index in [-0.39, 0.29) is 17.0 Å². The molecule has 3 aliphatic carbocycles. The van der Waals surface area contributed by atoms with E-state index in [0.29, 0.717) is 5.95 Å². The van der Waals surface area contributed by atoms with Crippen molar-refractivity contribution in [2.24, 2.45) is 0 Å². The Morgan fingerprint density at radius 2 is 1.82 bits per heavy atom. The van der Waals surface area contributed by atoms with Crippen LogP contribution in [0.1, 0.15) is 80.8 Å². The van der Waals surface area contributed by atoms with Crippen molar-refractivity contribution in [1.82, 2.24) is 24.3 Å². The molecule has 2 bridgehead atoms. The molecule has 3 heterocycles. The van der Waals surface area contributed by atoms with Gasteiger partial charge in [-0.15, -0.1) is 5.10 Å². The molecule has 3 fully saturated rings. The number of imidazole rings is 1. The maximum absolute atomic E-state index is 13.9. The first-order valence-corrected chi connectivity index (χ1v) is 12.1. The van der Waals surface area contributed by atoms with E-state index >= 15 is 0 Å². The number of aryl methyl sites for hydroxylation is 2. The Morgan fingerprint density at radius 3 is 2.52 bits per heavy atom. The summed E-state index contributed by atoms with van der Waals surface area (Å²) in [6.07, 6.45) is 13.7. The molecule has 0 spiro atoms. The molecule has 0 saturated heterocycles. The van der Waals surface area contributed by atoms with E-state index in [1.165, 1.54) is 12.1 Å². The van der Waals surface area contributed by atoms with Gasteiger partial charge in [0.25, 0.3) is 0 Å². The maximum atomic E-state index is 13.9. The predicted octanol–water partition coefficient (Wildman–Crippen LogP) is 5.29. The minimum absolute atomic E-state index is 0.0302. The first kappa shape index (κ1) is 20.8. The predicted molar refractivity (Wildman–Crippen MR) is 121 cm³/mol. The third kappa shape index (κ3) is 3.54. The van der Waals surface area contributed by atoms with Gasteiger partial charge in [-0.25, -0.2) is 18.4 Å². The first-order chi connectivity index (χ1) is 16.0. The van der Waals surface area contributed by atoms with Crippen LogP contribution < -0.4 is 5.32 Å². The molecule has 33 heavy (non-hydrogen) atoms. The smallest absolute Gasteiger partial charge is 0.242 e. The number of benzene rings is 1. The Bertz CT molecular complexity index is 1160. The molecule has 6 nitrogen and oxygen atoms in total. The van der Waals surface area contributed by atoms with Crippen LogP contribution in [0.2, 0.25) is 0 Å². The van der Waals surface area contributed by atoms with E-state index in [1.807, 2.05) is 17.9 Å². The maximum Gasteiger partial charge on any atom is 0.242 e. The quantitative estimate of drug-likeness (QED) is 0.584. The molecule has 0 amide bonds. The summed E-state index contributed by atoms with van der Waals surface area (Å²) in [7, 11) is 0. The van der Waals surface area contributed by atoms with Gasteiger partial charge in [0.1, 0.15) is 5.82 Å². The molecular weight excluding hydrogens is 422 g/mol. The second-order valence-corrected chi connectivity index (χ2v) is 10.3. The molecule has 4 aliphatic rings. The molecule has 3 aromatic rings. The van der Waals surface area contributed by atoms with Gasteiger partial charge in [0, 0.05) is 29.7 Å². The summed E-state index contributed by atoms with van der Waals surface area (Å²) < 4.78 is 31.8. The van der Waals surface area contributed by atoms with Gasteiger partial charge in [-0.1, -0.05) is 12.5 Å². The van der Waals surface area contributed by atoms with Gasteiger partial charge in [0.15, 0.2) is 11.6 Å². The summed E-state index contributed by atoms with van der Waals surface area (Å²) in [6, 6.07) is 4.21. The minimum Gasteiger partial charge on any atom is -0.347 e. The van der Waals surface area contributed by atoms with E-state index in [4.69, 9.17) is 10.1 Å². The second kappa shape index (κ2) is 7.64. The van der Waals surface area contributed by atoms with Gasteiger partial charge in [-0.2, -0.15) is 4.98 Å². The van der Waals surface area contributed by atoms with Crippen LogP contribution in [0.25, 0.3) is 0 Å². The lowest BCUT2D eigenvalue weighted by atomic mass is 9.61. The van der Waals surface area contributed by atoms with E-state index < -0.39 is 11.6 Å². The third-order valence-corrected chi connectivity index (χ3v) is 8.31. The lowest BCUT2D eigenvalue weighted by molar-refractivity contribution is 0.0638. The average molecular weight is 453 g/mol. The summed E-state index contributed by atoms with van der Waals surface area (Å²) in [5.74, 6) is -0.162. The summed E-state index contributed by atoms with van der Waals surface area (Å²) in [4.78, 5) is 9.37. The lowest BCUT2D eigenvalue weighted by Gasteiger charge is -2.54. The number of aromatic nitrogens is 5. The van der Waals surface area contributed by atoms with Gasteiger partial charge in [-0.3, -0.25) is 0 Å². The Hall–Kier alpha value is -2.77. The van der Waals surface area contributed by atoms with Crippen LogP contribution in [0.3, 0.4) is 0 Å². The highest BCUT2D eigenvalue weighted by Crippen LogP contribution is 2.52. The SMILES string of the molecule is Cc1cn(C23CCC(Nc4nc5n(n4)CCCC[C@@H]5c4ccc(F)c(F)c4)(CC2)CC3)cn1. The second-order valence-electron chi connectivity index (χ2n) is 10.3. The zero-order valence-corrected chi connectivity index (χ0v) is 19.0. The van der Waals surface area contributed by atoms with Gasteiger partial charge < -0.3 is 9.88 Å². The topological polar surface area (TPSA) is 60.6 Å². The van der Waals surface area contributed by atoms with E-state index in [0.717, 1.165) is 81.4 Å². The summed E-state index contributed by atoms with van der Waals surface area (Å²) >= 11 is 0. The van der Waals surface area contributed by atoms with Gasteiger partial charge >= 0.3 is 0 Å². The van der Waals surface area contributed by atoms with Gasteiger partial charge in [0.05, 0.1) is 12.0 Å². The van der Waals surface area contributed by atoms with E-state index in [9.17, 15) is 8.78 Å². The van der Waals surface area contributed by atoms with Crippen LogP contribution in [0.4, 0.5) is 14.7 Å². The highest BCUT2D eigenvalue weighted by molar-refractivity contribution is 5.35. The number of hydrogen-bond donors (Lipinski definition) is 1. The molecule has 7 rings (SSSR count). The third-order valence-electron chi connectivity index (χ3n) is 8.31. The number of rotatable bonds is 4. The number of halogens is 2. The van der Waals surface area contributed by atoms with Crippen LogP contribution >= 0.6 is 0 Å². The van der Waals surface area contributed by atoms with E-state index in [2.05, 4.69) is 21.1 Å². The minimum atomic E-state index is -0.813. The van der Waals surface area contributed by atoms with Crippen molar-refractivity contribution in [1.29, 1.82) is 0 Å². The zero-order chi connectivity index (χ0) is 22.6. The molecule has 0 radical (unpaired) electrons. The fourth-order valence-electron chi connectivity index (χ4n) is 6.27. The average Bonchev–Trinajstić information content (AvgIpc) is 3.38. The fourth-order valence-corrected chi connectivity index (χ4v) is 6.27. The van der Waals surface area contributed by atoms with Crippen molar-refractivity contribution in [3.05, 3.63) is 59.4 Å². The molecular formula is C25H30F2N6. The van der Waals surface area contributed by atoms with Crippen molar-refractivity contribution in [2.45, 2.75) is 88.3 Å². The molecule has 0 unspecified atom stereocenters. The van der Waals surface area contributed by atoms with Crippen molar-refractivity contribution < 1.29 is 8.78 Å². The Labute approximate surface area is 192 Å². The Balaban J connectivity index is 1.24. The fraction of sp³-hybridized carbons (Fsp3) is 0.560. The van der Waals surface area contributed by atoms with Crippen LogP contribution in [-0.2, 0) is 12.1 Å². The standard InChI is InChI=1S/C25H30F2N6/c1-17-15-32(16-28-17)25-10-7-24(8-11-25,9-12-25)30-23-29-22-19(4-2-3-13-33(22)31-23)18-5-6-20(26)21(27)14-18/h5-6,14-16,19H,2-4,7-13H2,1H3,(H,30,31)/t19-,24?,25?/m1/s1. The van der Waals surface area contributed by atoms with Gasteiger partial charge in [0.2, 0.25) is 5.95 Å². The van der Waals surface area contributed by atoms with Crippen molar-refractivity contribution in [2.75, 3.05) is 5.32 Å². The molecule has 3 saturated carbocycles. The highest BCUT2D eigenvalue weighted by atomic mass is 19.2. The largest absolute Gasteiger partial charge is 0.347 e.